The van der Waals surface area contributed by atoms with Crippen molar-refractivity contribution in [2.45, 2.75) is 38.6 Å². The molecule has 1 rings (SSSR count). The van der Waals surface area contributed by atoms with E-state index < -0.39 is 9.84 Å². The van der Waals surface area contributed by atoms with E-state index in [1.807, 2.05) is 12.3 Å². The molecule has 5 heteroatoms. The fourth-order valence-corrected chi connectivity index (χ4v) is 2.81. The van der Waals surface area contributed by atoms with E-state index in [0.717, 1.165) is 32.2 Å². The Kier molecular flexibility index (Phi) is 7.02. The molecular weight excluding hydrogens is 260 g/mol. The van der Waals surface area contributed by atoms with Crippen LogP contribution in [0, 0.1) is 0 Å². The number of nitrogens with zero attached hydrogens (tertiary/aromatic N) is 1. The molecule has 1 N–H and O–H groups in total. The third kappa shape index (κ3) is 7.95. The summed E-state index contributed by atoms with van der Waals surface area (Å²) in [6.07, 6.45) is 8.58. The summed E-state index contributed by atoms with van der Waals surface area (Å²) in [6.45, 7) is 2.99. The lowest BCUT2D eigenvalue weighted by Crippen LogP contribution is -2.29. The summed E-state index contributed by atoms with van der Waals surface area (Å²) in [5.41, 5.74) is 1.23. The quantitative estimate of drug-likeness (QED) is 0.751. The third-order valence-corrected chi connectivity index (χ3v) is 4.10. The molecule has 0 saturated heterocycles. The van der Waals surface area contributed by atoms with Gasteiger partial charge in [0.1, 0.15) is 9.84 Å². The number of aryl methyl sites for hydroxylation is 1. The summed E-state index contributed by atoms with van der Waals surface area (Å²) < 4.78 is 22.2. The van der Waals surface area contributed by atoms with Crippen molar-refractivity contribution in [1.82, 2.24) is 10.3 Å². The van der Waals surface area contributed by atoms with Crippen LogP contribution in [0.2, 0.25) is 0 Å². The van der Waals surface area contributed by atoms with Gasteiger partial charge in [-0.1, -0.05) is 13.0 Å². The molecule has 0 aliphatic carbocycles. The van der Waals surface area contributed by atoms with Gasteiger partial charge in [0, 0.05) is 30.4 Å². The van der Waals surface area contributed by atoms with Crippen LogP contribution in [0.3, 0.4) is 0 Å². The standard InChI is InChI=1S/C14H24N2O2S/c1-3-16-14(7-5-11-19(2,17)18)9-8-13-6-4-10-15-12-13/h4,6,10,12,14,16H,3,5,7-9,11H2,1-2H3. The molecule has 0 aromatic carbocycles. The maximum absolute atomic E-state index is 11.1. The van der Waals surface area contributed by atoms with Crippen LogP contribution in [-0.2, 0) is 16.3 Å². The second-order valence-corrected chi connectivity index (χ2v) is 7.19. The summed E-state index contributed by atoms with van der Waals surface area (Å²) in [5.74, 6) is 0.280. The van der Waals surface area contributed by atoms with Gasteiger partial charge in [-0.05, 0) is 43.9 Å². The third-order valence-electron chi connectivity index (χ3n) is 3.06. The summed E-state index contributed by atoms with van der Waals surface area (Å²) in [7, 11) is -2.84. The van der Waals surface area contributed by atoms with Crippen molar-refractivity contribution in [2.75, 3.05) is 18.6 Å². The first-order valence-electron chi connectivity index (χ1n) is 6.81. The minimum absolute atomic E-state index is 0.280. The number of nitrogens with one attached hydrogen (secondary N) is 1. The largest absolute Gasteiger partial charge is 0.314 e. The van der Waals surface area contributed by atoms with Crippen LogP contribution in [0.4, 0.5) is 0 Å². The Labute approximate surface area is 116 Å². The van der Waals surface area contributed by atoms with Gasteiger partial charge in [-0.2, -0.15) is 0 Å². The Morgan fingerprint density at radius 3 is 2.74 bits per heavy atom. The molecule has 4 nitrogen and oxygen atoms in total. The molecule has 1 aromatic rings. The van der Waals surface area contributed by atoms with E-state index in [0.29, 0.717) is 6.04 Å². The molecule has 0 saturated carbocycles. The lowest BCUT2D eigenvalue weighted by Gasteiger charge is -2.17. The van der Waals surface area contributed by atoms with Gasteiger partial charge >= 0.3 is 0 Å². The van der Waals surface area contributed by atoms with Crippen LogP contribution in [0.1, 0.15) is 31.7 Å². The van der Waals surface area contributed by atoms with Crippen molar-refractivity contribution in [1.29, 1.82) is 0 Å². The predicted octanol–water partition coefficient (Wildman–Crippen LogP) is 1.82. The van der Waals surface area contributed by atoms with Crippen LogP contribution in [0.5, 0.6) is 0 Å². The Morgan fingerprint density at radius 1 is 1.37 bits per heavy atom. The maximum atomic E-state index is 11.1. The monoisotopic (exact) mass is 284 g/mol. The fraction of sp³-hybridized carbons (Fsp3) is 0.643. The van der Waals surface area contributed by atoms with Crippen molar-refractivity contribution in [3.8, 4) is 0 Å². The van der Waals surface area contributed by atoms with Crippen molar-refractivity contribution in [3.63, 3.8) is 0 Å². The lowest BCUT2D eigenvalue weighted by atomic mass is 10.0. The SMILES string of the molecule is CCNC(CCCS(C)(=O)=O)CCc1cccnc1. The van der Waals surface area contributed by atoms with Crippen molar-refractivity contribution < 1.29 is 8.42 Å². The highest BCUT2D eigenvalue weighted by atomic mass is 32.2. The number of aromatic nitrogens is 1. The molecule has 0 fully saturated rings. The summed E-state index contributed by atoms with van der Waals surface area (Å²) >= 11 is 0. The molecule has 0 aliphatic rings. The zero-order valence-electron chi connectivity index (χ0n) is 11.8. The van der Waals surface area contributed by atoms with Gasteiger partial charge < -0.3 is 5.32 Å². The van der Waals surface area contributed by atoms with Gasteiger partial charge in [0.2, 0.25) is 0 Å². The number of sulfone groups is 1. The summed E-state index contributed by atoms with van der Waals surface area (Å²) in [5, 5.41) is 3.42. The van der Waals surface area contributed by atoms with Crippen molar-refractivity contribution in [3.05, 3.63) is 30.1 Å². The minimum atomic E-state index is -2.84. The van der Waals surface area contributed by atoms with Crippen LogP contribution in [0.15, 0.2) is 24.5 Å². The van der Waals surface area contributed by atoms with Gasteiger partial charge in [0.25, 0.3) is 0 Å². The Morgan fingerprint density at radius 2 is 2.16 bits per heavy atom. The average molecular weight is 284 g/mol. The molecule has 1 heterocycles. The Hall–Kier alpha value is -0.940. The fourth-order valence-electron chi connectivity index (χ4n) is 2.12. The van der Waals surface area contributed by atoms with Gasteiger partial charge in [-0.15, -0.1) is 0 Å². The molecule has 1 aromatic heterocycles. The molecular formula is C14H24N2O2S. The average Bonchev–Trinajstić information content (AvgIpc) is 2.36. The normalized spacial score (nSPS) is 13.4. The maximum Gasteiger partial charge on any atom is 0.147 e. The summed E-state index contributed by atoms with van der Waals surface area (Å²) in [6, 6.07) is 4.40. The molecule has 0 aliphatic heterocycles. The molecule has 0 amide bonds. The second kappa shape index (κ2) is 8.27. The zero-order chi connectivity index (χ0) is 14.1. The van der Waals surface area contributed by atoms with Crippen LogP contribution in [-0.4, -0.2) is 38.0 Å². The molecule has 1 atom stereocenters. The first kappa shape index (κ1) is 16.1. The molecule has 0 radical (unpaired) electrons. The second-order valence-electron chi connectivity index (χ2n) is 4.93. The zero-order valence-corrected chi connectivity index (χ0v) is 12.6. The number of hydrogen-bond acceptors (Lipinski definition) is 4. The van der Waals surface area contributed by atoms with E-state index in [9.17, 15) is 8.42 Å². The van der Waals surface area contributed by atoms with E-state index in [2.05, 4.69) is 23.3 Å². The van der Waals surface area contributed by atoms with Crippen molar-refractivity contribution in [2.24, 2.45) is 0 Å². The Balaban J connectivity index is 2.36. The molecule has 108 valence electrons. The van der Waals surface area contributed by atoms with Crippen LogP contribution in [0.25, 0.3) is 0 Å². The minimum Gasteiger partial charge on any atom is -0.314 e. The van der Waals surface area contributed by atoms with E-state index >= 15 is 0 Å². The highest BCUT2D eigenvalue weighted by Crippen LogP contribution is 2.09. The topological polar surface area (TPSA) is 59.1 Å². The number of hydrogen-bond donors (Lipinski definition) is 1. The van der Waals surface area contributed by atoms with Gasteiger partial charge in [0.05, 0.1) is 0 Å². The number of rotatable bonds is 9. The molecule has 1 unspecified atom stereocenters. The molecule has 0 spiro atoms. The predicted molar refractivity (Wildman–Crippen MR) is 79.0 cm³/mol. The van der Waals surface area contributed by atoms with Gasteiger partial charge in [-0.3, -0.25) is 4.98 Å². The highest BCUT2D eigenvalue weighted by Gasteiger charge is 2.09. The first-order valence-corrected chi connectivity index (χ1v) is 8.87. The van der Waals surface area contributed by atoms with Crippen LogP contribution >= 0.6 is 0 Å². The summed E-state index contributed by atoms with van der Waals surface area (Å²) in [4.78, 5) is 4.10. The van der Waals surface area contributed by atoms with Crippen LogP contribution < -0.4 is 5.32 Å². The number of pyridine rings is 1. The van der Waals surface area contributed by atoms with E-state index in [1.165, 1.54) is 11.8 Å². The van der Waals surface area contributed by atoms with Gasteiger partial charge in [-0.25, -0.2) is 8.42 Å². The molecule has 0 bridgehead atoms. The first-order chi connectivity index (χ1) is 9.01. The van der Waals surface area contributed by atoms with E-state index in [-0.39, 0.29) is 5.75 Å². The lowest BCUT2D eigenvalue weighted by molar-refractivity contribution is 0.459. The van der Waals surface area contributed by atoms with E-state index in [4.69, 9.17) is 0 Å². The highest BCUT2D eigenvalue weighted by molar-refractivity contribution is 7.90. The van der Waals surface area contributed by atoms with Crippen molar-refractivity contribution >= 4 is 9.84 Å². The smallest absolute Gasteiger partial charge is 0.147 e. The molecule has 19 heavy (non-hydrogen) atoms. The Bertz CT molecular complexity index is 446. The van der Waals surface area contributed by atoms with E-state index in [1.54, 1.807) is 6.20 Å². The van der Waals surface area contributed by atoms with Gasteiger partial charge in [0.15, 0.2) is 0 Å².